The van der Waals surface area contributed by atoms with Gasteiger partial charge in [-0.25, -0.2) is 14.6 Å². The lowest BCUT2D eigenvalue weighted by atomic mass is 9.95. The molecule has 0 saturated carbocycles. The average molecular weight is 882 g/mol. The molecule has 0 spiro atoms. The number of allylic oxidation sites excluding steroid dienone is 1. The minimum Gasteiger partial charge on any atom is -0.490 e. The van der Waals surface area contributed by atoms with Gasteiger partial charge in [-0.05, 0) is 97.0 Å². The molecule has 10 nitrogen and oxygen atoms in total. The molecule has 4 aromatic rings. The monoisotopic (exact) mass is 880 g/mol. The molecule has 1 aliphatic heterocycles. The van der Waals surface area contributed by atoms with E-state index in [-0.39, 0.29) is 24.3 Å². The van der Waals surface area contributed by atoms with Gasteiger partial charge in [0.05, 0.1) is 45.7 Å². The molecule has 0 N–H and O–H groups in total. The Balaban J connectivity index is 1.64. The van der Waals surface area contributed by atoms with Crippen LogP contribution in [-0.4, -0.2) is 43.4 Å². The largest absolute Gasteiger partial charge is 0.490 e. The normalized spacial score (nSPS) is 14.2. The standard InChI is InChI=1S/C35H31BrClIN2O8S/c1-5-45-27-14-21(9-12-26(27)47-18-29(41)44-4)31-30(34(43)46-6-2)19(3)39-35-40(31)33(42)28(49-35)15-22-13-23(36)16-25(38)32(22)48-17-20-7-10-24(37)11-8-20/h7-16,31H,5-6,17-18H2,1-4H3/b28-15+/t31-/m0/s1. The highest BCUT2D eigenvalue weighted by Gasteiger charge is 2.34. The SMILES string of the molecule is CCOC(=O)C1=C(C)N=c2s/c(=C/c3cc(Br)cc(I)c3OCc3ccc(Cl)cc3)c(=O)n2[C@H]1c1ccc(OCC(=O)OC)c(OCC)c1. The molecule has 1 aliphatic rings. The average Bonchev–Trinajstić information content (AvgIpc) is 3.37. The van der Waals surface area contributed by atoms with Gasteiger partial charge in [-0.3, -0.25) is 9.36 Å². The summed E-state index contributed by atoms with van der Waals surface area (Å²) in [7, 11) is 1.27. The van der Waals surface area contributed by atoms with Crippen LogP contribution >= 0.6 is 61.5 Å². The topological polar surface area (TPSA) is 115 Å². The number of hydrogen-bond donors (Lipinski definition) is 0. The molecule has 14 heteroatoms. The van der Waals surface area contributed by atoms with Crippen molar-refractivity contribution in [2.45, 2.75) is 33.4 Å². The predicted octanol–water partition coefficient (Wildman–Crippen LogP) is 6.35. The molecular weight excluding hydrogens is 851 g/mol. The Hall–Kier alpha value is -3.66. The van der Waals surface area contributed by atoms with E-state index < -0.39 is 18.0 Å². The van der Waals surface area contributed by atoms with Gasteiger partial charge in [0.2, 0.25) is 0 Å². The van der Waals surface area contributed by atoms with E-state index in [1.165, 1.54) is 23.0 Å². The molecule has 5 rings (SSSR count). The van der Waals surface area contributed by atoms with Crippen LogP contribution in [0.5, 0.6) is 17.2 Å². The number of nitrogens with zero attached hydrogens (tertiary/aromatic N) is 2. The third-order valence-electron chi connectivity index (χ3n) is 7.29. The number of carbonyl (C=O) groups excluding carboxylic acids is 2. The van der Waals surface area contributed by atoms with Crippen molar-refractivity contribution in [3.63, 3.8) is 0 Å². The van der Waals surface area contributed by atoms with Crippen molar-refractivity contribution in [2.24, 2.45) is 4.99 Å². The summed E-state index contributed by atoms with van der Waals surface area (Å²) in [6.07, 6.45) is 1.77. The lowest BCUT2D eigenvalue weighted by molar-refractivity contribution is -0.143. The van der Waals surface area contributed by atoms with Gasteiger partial charge in [0.15, 0.2) is 22.9 Å². The lowest BCUT2D eigenvalue weighted by Gasteiger charge is -2.25. The fourth-order valence-corrected chi connectivity index (χ4v) is 7.97. The number of rotatable bonds is 12. The van der Waals surface area contributed by atoms with Crippen LogP contribution in [0, 0.1) is 3.57 Å². The number of esters is 2. The number of ether oxygens (including phenoxy) is 5. The molecule has 256 valence electrons. The first-order valence-corrected chi connectivity index (χ1v) is 18.1. The molecule has 0 fully saturated rings. The summed E-state index contributed by atoms with van der Waals surface area (Å²) < 4.78 is 31.4. The Kier molecular flexibility index (Phi) is 12.2. The van der Waals surface area contributed by atoms with Gasteiger partial charge in [-0.15, -0.1) is 0 Å². The van der Waals surface area contributed by atoms with Crippen molar-refractivity contribution < 1.29 is 33.3 Å². The molecule has 0 aliphatic carbocycles. The second-order valence-corrected chi connectivity index (χ2v) is 14.1. The zero-order valence-electron chi connectivity index (χ0n) is 26.9. The van der Waals surface area contributed by atoms with Crippen molar-refractivity contribution in [2.75, 3.05) is 26.9 Å². The molecule has 3 aromatic carbocycles. The Morgan fingerprint density at radius 2 is 1.80 bits per heavy atom. The Bertz CT molecular complexity index is 2110. The predicted molar refractivity (Wildman–Crippen MR) is 198 cm³/mol. The van der Waals surface area contributed by atoms with Crippen LogP contribution in [0.15, 0.2) is 80.1 Å². The van der Waals surface area contributed by atoms with Crippen molar-refractivity contribution in [1.29, 1.82) is 0 Å². The van der Waals surface area contributed by atoms with Gasteiger partial charge in [0.1, 0.15) is 12.4 Å². The van der Waals surface area contributed by atoms with E-state index in [1.807, 2.05) is 31.2 Å². The first kappa shape index (κ1) is 36.6. The number of halogens is 3. The highest BCUT2D eigenvalue weighted by atomic mass is 127. The van der Waals surface area contributed by atoms with Crippen molar-refractivity contribution in [3.8, 4) is 17.2 Å². The molecule has 49 heavy (non-hydrogen) atoms. The number of hydrogen-bond acceptors (Lipinski definition) is 10. The number of benzene rings is 3. The maximum atomic E-state index is 14.3. The third kappa shape index (κ3) is 8.39. The second kappa shape index (κ2) is 16.4. The summed E-state index contributed by atoms with van der Waals surface area (Å²) in [6, 6.07) is 15.3. The van der Waals surface area contributed by atoms with Crippen LogP contribution in [0.2, 0.25) is 5.02 Å². The molecule has 2 heterocycles. The Labute approximate surface area is 313 Å². The van der Waals surface area contributed by atoms with Crippen LogP contribution in [0.3, 0.4) is 0 Å². The molecule has 0 amide bonds. The van der Waals surface area contributed by atoms with Crippen molar-refractivity contribution >= 4 is 79.5 Å². The fourth-order valence-electron chi connectivity index (χ4n) is 5.10. The van der Waals surface area contributed by atoms with Gasteiger partial charge >= 0.3 is 11.9 Å². The van der Waals surface area contributed by atoms with E-state index in [0.29, 0.717) is 61.6 Å². The van der Waals surface area contributed by atoms with E-state index in [4.69, 9.17) is 35.3 Å². The minimum absolute atomic E-state index is 0.136. The number of fused-ring (bicyclic) bond motifs is 1. The van der Waals surface area contributed by atoms with E-state index in [1.54, 1.807) is 50.3 Å². The number of methoxy groups -OCH3 is 1. The van der Waals surface area contributed by atoms with Crippen LogP contribution in [-0.2, 0) is 25.7 Å². The van der Waals surface area contributed by atoms with Crippen molar-refractivity contribution in [3.05, 3.63) is 115 Å². The quantitative estimate of drug-likeness (QED) is 0.120. The Morgan fingerprint density at radius 1 is 1.04 bits per heavy atom. The Morgan fingerprint density at radius 3 is 2.49 bits per heavy atom. The first-order chi connectivity index (χ1) is 23.5. The molecule has 1 aromatic heterocycles. The summed E-state index contributed by atoms with van der Waals surface area (Å²) in [6.45, 7) is 5.65. The van der Waals surface area contributed by atoms with Gasteiger partial charge in [-0.1, -0.05) is 57.1 Å². The number of thiazole rings is 1. The summed E-state index contributed by atoms with van der Waals surface area (Å²) in [5, 5.41) is 0.634. The summed E-state index contributed by atoms with van der Waals surface area (Å²) in [5.41, 5.74) is 2.46. The van der Waals surface area contributed by atoms with E-state index in [9.17, 15) is 14.4 Å². The number of carbonyl (C=O) groups is 2. The third-order valence-corrected chi connectivity index (χ3v) is 9.79. The summed E-state index contributed by atoms with van der Waals surface area (Å²) in [4.78, 5) is 44.6. The second-order valence-electron chi connectivity index (χ2n) is 10.5. The fraction of sp³-hybridized carbons (Fsp3) is 0.257. The van der Waals surface area contributed by atoms with Crippen LogP contribution in [0.1, 0.15) is 43.5 Å². The maximum absolute atomic E-state index is 14.3. The van der Waals surface area contributed by atoms with Gasteiger partial charge in [0.25, 0.3) is 5.56 Å². The van der Waals surface area contributed by atoms with Crippen molar-refractivity contribution in [1.82, 2.24) is 4.57 Å². The van der Waals surface area contributed by atoms with Gasteiger partial charge in [0, 0.05) is 15.1 Å². The molecule has 0 unspecified atom stereocenters. The van der Waals surface area contributed by atoms with E-state index in [2.05, 4.69) is 43.5 Å². The minimum atomic E-state index is -0.894. The molecule has 0 bridgehead atoms. The van der Waals surface area contributed by atoms with Crippen LogP contribution in [0.25, 0.3) is 6.08 Å². The van der Waals surface area contributed by atoms with Crippen LogP contribution in [0.4, 0.5) is 0 Å². The summed E-state index contributed by atoms with van der Waals surface area (Å²) >= 11 is 13.0. The highest BCUT2D eigenvalue weighted by Crippen LogP contribution is 2.37. The molecule has 1 atom stereocenters. The zero-order chi connectivity index (χ0) is 35.2. The lowest BCUT2D eigenvalue weighted by Crippen LogP contribution is -2.40. The summed E-state index contributed by atoms with van der Waals surface area (Å²) in [5.74, 6) is 0.0904. The first-order valence-electron chi connectivity index (χ1n) is 15.1. The van der Waals surface area contributed by atoms with E-state index in [0.717, 1.165) is 13.6 Å². The van der Waals surface area contributed by atoms with Crippen LogP contribution < -0.4 is 29.1 Å². The zero-order valence-corrected chi connectivity index (χ0v) is 32.2. The van der Waals surface area contributed by atoms with E-state index >= 15 is 0 Å². The highest BCUT2D eigenvalue weighted by molar-refractivity contribution is 14.1. The molecular formula is C35H31BrClIN2O8S. The molecule has 0 saturated heterocycles. The van der Waals surface area contributed by atoms with Gasteiger partial charge in [-0.2, -0.15) is 0 Å². The molecule has 0 radical (unpaired) electrons. The smallest absolute Gasteiger partial charge is 0.343 e. The van der Waals surface area contributed by atoms with Gasteiger partial charge < -0.3 is 23.7 Å². The maximum Gasteiger partial charge on any atom is 0.343 e. The number of aromatic nitrogens is 1.